The molecule has 7 heteroatoms. The van der Waals surface area contributed by atoms with E-state index >= 15 is 0 Å². The number of carbonyl (C=O) groups is 1. The lowest BCUT2D eigenvalue weighted by Crippen LogP contribution is -2.35. The highest BCUT2D eigenvalue weighted by Gasteiger charge is 2.31. The van der Waals surface area contributed by atoms with Gasteiger partial charge in [-0.3, -0.25) is 4.79 Å². The van der Waals surface area contributed by atoms with E-state index in [4.69, 9.17) is 4.52 Å². The number of hydrogen-bond acceptors (Lipinski definition) is 5. The van der Waals surface area contributed by atoms with Crippen molar-refractivity contribution in [1.82, 2.24) is 25.0 Å². The molecule has 1 saturated heterocycles. The summed E-state index contributed by atoms with van der Waals surface area (Å²) in [7, 11) is 0. The molecule has 1 aliphatic heterocycles. The molecule has 1 unspecified atom stereocenters. The van der Waals surface area contributed by atoms with Gasteiger partial charge in [-0.15, -0.1) is 0 Å². The first-order valence-corrected chi connectivity index (χ1v) is 7.79. The van der Waals surface area contributed by atoms with Crippen molar-refractivity contribution in [3.63, 3.8) is 0 Å². The van der Waals surface area contributed by atoms with Gasteiger partial charge in [0.2, 0.25) is 5.89 Å². The third kappa shape index (κ3) is 2.88. The van der Waals surface area contributed by atoms with Gasteiger partial charge in [0.05, 0.1) is 18.6 Å². The SMILES string of the molecule is CC(C)c1nc(C2CCCCCN2C(=O)c2cnc[nH]2)no1. The molecule has 1 fully saturated rings. The zero-order valence-electron chi connectivity index (χ0n) is 13.0. The Bertz CT molecular complexity index is 620. The second kappa shape index (κ2) is 6.29. The molecule has 7 nitrogen and oxygen atoms in total. The Morgan fingerprint density at radius 3 is 2.95 bits per heavy atom. The van der Waals surface area contributed by atoms with Gasteiger partial charge in [-0.1, -0.05) is 31.8 Å². The van der Waals surface area contributed by atoms with Crippen molar-refractivity contribution in [2.24, 2.45) is 0 Å². The first-order chi connectivity index (χ1) is 10.7. The summed E-state index contributed by atoms with van der Waals surface area (Å²) in [6.45, 7) is 4.73. The van der Waals surface area contributed by atoms with Gasteiger partial charge in [-0.2, -0.15) is 4.98 Å². The third-order valence-corrected chi connectivity index (χ3v) is 3.99. The number of aromatic amines is 1. The lowest BCUT2D eigenvalue weighted by Gasteiger charge is -2.27. The number of nitrogens with zero attached hydrogens (tertiary/aromatic N) is 4. The highest BCUT2D eigenvalue weighted by Crippen LogP contribution is 2.30. The van der Waals surface area contributed by atoms with E-state index in [2.05, 4.69) is 20.1 Å². The van der Waals surface area contributed by atoms with Gasteiger partial charge in [-0.05, 0) is 12.8 Å². The van der Waals surface area contributed by atoms with Crippen LogP contribution in [0.1, 0.15) is 73.7 Å². The number of aromatic nitrogens is 4. The van der Waals surface area contributed by atoms with Crippen LogP contribution in [-0.4, -0.2) is 37.5 Å². The zero-order valence-corrected chi connectivity index (χ0v) is 13.0. The molecule has 3 heterocycles. The zero-order chi connectivity index (χ0) is 15.5. The summed E-state index contributed by atoms with van der Waals surface area (Å²) in [4.78, 5) is 25.9. The molecule has 0 aliphatic carbocycles. The van der Waals surface area contributed by atoms with Crippen LogP contribution in [0.2, 0.25) is 0 Å². The number of likely N-dealkylation sites (tertiary alicyclic amines) is 1. The van der Waals surface area contributed by atoms with Gasteiger partial charge in [0.15, 0.2) is 5.82 Å². The Morgan fingerprint density at radius 1 is 1.41 bits per heavy atom. The molecular formula is C15H21N5O2. The topological polar surface area (TPSA) is 87.9 Å². The van der Waals surface area contributed by atoms with Crippen LogP contribution in [0.4, 0.5) is 0 Å². The van der Waals surface area contributed by atoms with Gasteiger partial charge in [-0.25, -0.2) is 4.98 Å². The molecule has 0 spiro atoms. The van der Waals surface area contributed by atoms with Crippen LogP contribution < -0.4 is 0 Å². The molecular weight excluding hydrogens is 282 g/mol. The van der Waals surface area contributed by atoms with Crippen molar-refractivity contribution in [2.45, 2.75) is 51.5 Å². The molecule has 1 amide bonds. The average molecular weight is 303 g/mol. The lowest BCUT2D eigenvalue weighted by atomic mass is 10.1. The summed E-state index contributed by atoms with van der Waals surface area (Å²) in [6.07, 6.45) is 7.09. The minimum absolute atomic E-state index is 0.0553. The number of amides is 1. The molecule has 1 N–H and O–H groups in total. The van der Waals surface area contributed by atoms with E-state index in [0.717, 1.165) is 25.7 Å². The molecule has 0 aromatic carbocycles. The summed E-state index contributed by atoms with van der Waals surface area (Å²) in [6, 6.07) is -0.130. The molecule has 2 aromatic rings. The van der Waals surface area contributed by atoms with Gasteiger partial charge in [0.25, 0.3) is 5.91 Å². The van der Waals surface area contributed by atoms with E-state index in [1.54, 1.807) is 6.20 Å². The molecule has 1 aliphatic rings. The van der Waals surface area contributed by atoms with Crippen LogP contribution in [0, 0.1) is 0 Å². The van der Waals surface area contributed by atoms with E-state index in [1.807, 2.05) is 18.7 Å². The fourth-order valence-electron chi connectivity index (χ4n) is 2.76. The van der Waals surface area contributed by atoms with E-state index in [0.29, 0.717) is 24.0 Å². The van der Waals surface area contributed by atoms with Crippen LogP contribution >= 0.6 is 0 Å². The predicted molar refractivity (Wildman–Crippen MR) is 79.2 cm³/mol. The fourth-order valence-corrected chi connectivity index (χ4v) is 2.76. The molecule has 2 aromatic heterocycles. The molecule has 118 valence electrons. The summed E-state index contributed by atoms with van der Waals surface area (Å²) in [5.74, 6) is 1.36. The maximum absolute atomic E-state index is 12.7. The van der Waals surface area contributed by atoms with Crippen molar-refractivity contribution in [3.8, 4) is 0 Å². The van der Waals surface area contributed by atoms with Crippen molar-refractivity contribution in [3.05, 3.63) is 29.9 Å². The first kappa shape index (κ1) is 14.7. The van der Waals surface area contributed by atoms with Crippen LogP contribution in [0.3, 0.4) is 0 Å². The van der Waals surface area contributed by atoms with Gasteiger partial charge in [0.1, 0.15) is 5.69 Å². The number of nitrogens with one attached hydrogen (secondary N) is 1. The molecule has 1 atom stereocenters. The normalized spacial score (nSPS) is 19.4. The van der Waals surface area contributed by atoms with Crippen molar-refractivity contribution >= 4 is 5.91 Å². The average Bonchev–Trinajstić information content (AvgIpc) is 3.14. The maximum atomic E-state index is 12.7. The lowest BCUT2D eigenvalue weighted by molar-refractivity contribution is 0.0665. The number of hydrogen-bond donors (Lipinski definition) is 1. The third-order valence-electron chi connectivity index (χ3n) is 3.99. The highest BCUT2D eigenvalue weighted by molar-refractivity contribution is 5.92. The largest absolute Gasteiger partial charge is 0.341 e. The van der Waals surface area contributed by atoms with E-state index in [-0.39, 0.29) is 17.9 Å². The first-order valence-electron chi connectivity index (χ1n) is 7.79. The van der Waals surface area contributed by atoms with Crippen LogP contribution in [-0.2, 0) is 0 Å². The van der Waals surface area contributed by atoms with Crippen molar-refractivity contribution in [1.29, 1.82) is 0 Å². The molecule has 0 bridgehead atoms. The Labute approximate surface area is 129 Å². The van der Waals surface area contributed by atoms with E-state index in [1.165, 1.54) is 6.33 Å². The van der Waals surface area contributed by atoms with Crippen molar-refractivity contribution in [2.75, 3.05) is 6.54 Å². The van der Waals surface area contributed by atoms with Crippen LogP contribution in [0.15, 0.2) is 17.0 Å². The number of carbonyl (C=O) groups excluding carboxylic acids is 1. The molecule has 0 radical (unpaired) electrons. The Hall–Kier alpha value is -2.18. The summed E-state index contributed by atoms with van der Waals surface area (Å²) < 4.78 is 5.32. The quantitative estimate of drug-likeness (QED) is 0.941. The second-order valence-corrected chi connectivity index (χ2v) is 5.97. The number of rotatable bonds is 3. The predicted octanol–water partition coefficient (Wildman–Crippen LogP) is 2.67. The van der Waals surface area contributed by atoms with Gasteiger partial charge in [0, 0.05) is 12.5 Å². The second-order valence-electron chi connectivity index (χ2n) is 5.97. The van der Waals surface area contributed by atoms with Gasteiger partial charge < -0.3 is 14.4 Å². The number of H-pyrrole nitrogens is 1. The Balaban J connectivity index is 1.88. The van der Waals surface area contributed by atoms with Gasteiger partial charge >= 0.3 is 0 Å². The smallest absolute Gasteiger partial charge is 0.272 e. The monoisotopic (exact) mass is 303 g/mol. The minimum Gasteiger partial charge on any atom is -0.341 e. The van der Waals surface area contributed by atoms with E-state index < -0.39 is 0 Å². The van der Waals surface area contributed by atoms with E-state index in [9.17, 15) is 4.79 Å². The summed E-state index contributed by atoms with van der Waals surface area (Å²) >= 11 is 0. The molecule has 22 heavy (non-hydrogen) atoms. The summed E-state index contributed by atoms with van der Waals surface area (Å²) in [5.41, 5.74) is 0.500. The summed E-state index contributed by atoms with van der Waals surface area (Å²) in [5, 5.41) is 4.11. The van der Waals surface area contributed by atoms with Crippen LogP contribution in [0.5, 0.6) is 0 Å². The molecule has 3 rings (SSSR count). The number of imidazole rings is 1. The minimum atomic E-state index is -0.130. The van der Waals surface area contributed by atoms with Crippen LogP contribution in [0.25, 0.3) is 0 Å². The Kier molecular flexibility index (Phi) is 4.22. The Morgan fingerprint density at radius 2 is 2.27 bits per heavy atom. The standard InChI is InChI=1S/C15H21N5O2/c1-10(2)14-18-13(19-22-14)12-6-4-3-5-7-20(12)15(21)11-8-16-9-17-11/h8-10,12H,3-7H2,1-2H3,(H,16,17). The molecule has 0 saturated carbocycles. The van der Waals surface area contributed by atoms with Crippen molar-refractivity contribution < 1.29 is 9.32 Å². The highest BCUT2D eigenvalue weighted by atomic mass is 16.5. The fraction of sp³-hybridized carbons (Fsp3) is 0.600. The maximum Gasteiger partial charge on any atom is 0.272 e.